The van der Waals surface area contributed by atoms with Crippen molar-refractivity contribution in [2.75, 3.05) is 38.8 Å². The normalized spacial score (nSPS) is 26.8. The summed E-state index contributed by atoms with van der Waals surface area (Å²) in [5.41, 5.74) is 0.285. The highest BCUT2D eigenvalue weighted by molar-refractivity contribution is 7.99. The number of ether oxygens (including phenoxy) is 2. The van der Waals surface area contributed by atoms with Crippen LogP contribution in [-0.2, 0) is 35.2 Å². The highest BCUT2D eigenvalue weighted by atomic mass is 32.2. The summed E-state index contributed by atoms with van der Waals surface area (Å²) in [5.74, 6) is -1.68. The fourth-order valence-corrected chi connectivity index (χ4v) is 5.33. The second-order valence-electron chi connectivity index (χ2n) is 7.56. The van der Waals surface area contributed by atoms with Gasteiger partial charge in [-0.15, -0.1) is 5.10 Å². The van der Waals surface area contributed by atoms with Crippen molar-refractivity contribution in [3.05, 3.63) is 11.3 Å². The first-order valence-electron chi connectivity index (χ1n) is 9.87. The molecule has 0 saturated carbocycles. The number of aromatic nitrogens is 4. The Balaban J connectivity index is 1.32. The number of amides is 3. The Morgan fingerprint density at radius 2 is 2.06 bits per heavy atom. The maximum atomic E-state index is 12.5. The number of carboxylic acid groups (broad SMARTS) is 1. The summed E-state index contributed by atoms with van der Waals surface area (Å²) in [7, 11) is 0. The molecule has 1 aromatic heterocycles. The van der Waals surface area contributed by atoms with Gasteiger partial charge in [0, 0.05) is 24.4 Å². The molecule has 1 aromatic rings. The average Bonchev–Trinajstić information content (AvgIpc) is 3.37. The van der Waals surface area contributed by atoms with Crippen LogP contribution in [0.15, 0.2) is 16.4 Å². The maximum Gasteiger partial charge on any atom is 0.352 e. The summed E-state index contributed by atoms with van der Waals surface area (Å²) in [5, 5.41) is 21.5. The number of hydrogen-bond acceptors (Lipinski definition) is 10. The second-order valence-corrected chi connectivity index (χ2v) is 8.50. The Morgan fingerprint density at radius 3 is 2.78 bits per heavy atom. The molecule has 4 aliphatic heterocycles. The Bertz CT molecular complexity index is 1010. The molecule has 32 heavy (non-hydrogen) atoms. The number of carboxylic acids is 1. The van der Waals surface area contributed by atoms with E-state index >= 15 is 0 Å². The Labute approximate surface area is 185 Å². The molecule has 15 heteroatoms. The third kappa shape index (κ3) is 3.23. The Kier molecular flexibility index (Phi) is 5.30. The zero-order chi connectivity index (χ0) is 22.4. The summed E-state index contributed by atoms with van der Waals surface area (Å²) >= 11 is 1.15. The molecule has 4 aliphatic rings. The van der Waals surface area contributed by atoms with E-state index in [1.54, 1.807) is 4.90 Å². The van der Waals surface area contributed by atoms with Gasteiger partial charge < -0.3 is 24.4 Å². The lowest BCUT2D eigenvalue weighted by atomic mass is 9.90. The Morgan fingerprint density at radius 1 is 1.28 bits per heavy atom. The van der Waals surface area contributed by atoms with Gasteiger partial charge in [-0.1, -0.05) is 11.8 Å². The van der Waals surface area contributed by atoms with Crippen LogP contribution >= 0.6 is 11.8 Å². The molecule has 0 radical (unpaired) electrons. The van der Waals surface area contributed by atoms with Gasteiger partial charge in [0.25, 0.3) is 5.91 Å². The third-order valence-corrected chi connectivity index (χ3v) is 6.92. The van der Waals surface area contributed by atoms with Crippen molar-refractivity contribution in [1.82, 2.24) is 34.9 Å². The molecule has 3 saturated heterocycles. The molecule has 3 fully saturated rings. The quantitative estimate of drug-likeness (QED) is 0.255. The molecule has 14 nitrogen and oxygen atoms in total. The molecule has 5 rings (SSSR count). The zero-order valence-electron chi connectivity index (χ0n) is 16.7. The highest BCUT2D eigenvalue weighted by Gasteiger charge is 2.64. The highest BCUT2D eigenvalue weighted by Crippen LogP contribution is 2.45. The number of rotatable bonds is 7. The predicted molar refractivity (Wildman–Crippen MR) is 103 cm³/mol. The van der Waals surface area contributed by atoms with Gasteiger partial charge in [-0.3, -0.25) is 19.3 Å². The first-order valence-corrected chi connectivity index (χ1v) is 10.9. The maximum absolute atomic E-state index is 12.5. The smallest absolute Gasteiger partial charge is 0.352 e. The van der Waals surface area contributed by atoms with E-state index in [1.165, 1.54) is 14.5 Å². The Hall–Kier alpha value is -3.04. The number of carbonyl (C=O) groups is 4. The number of aliphatic carboxylic acids is 1. The summed E-state index contributed by atoms with van der Waals surface area (Å²) in [4.78, 5) is 52.3. The van der Waals surface area contributed by atoms with Gasteiger partial charge in [-0.25, -0.2) is 9.48 Å². The number of nitrogens with zero attached hydrogens (tertiary/aromatic N) is 7. The number of tetrazole rings is 1. The molecule has 0 bridgehead atoms. The van der Waals surface area contributed by atoms with Crippen molar-refractivity contribution >= 4 is 36.0 Å². The molecule has 0 aromatic carbocycles. The van der Waals surface area contributed by atoms with Gasteiger partial charge in [-0.05, 0) is 10.4 Å². The van der Waals surface area contributed by atoms with E-state index in [0.717, 1.165) is 11.8 Å². The molecule has 5 heterocycles. The van der Waals surface area contributed by atoms with E-state index < -0.39 is 30.1 Å². The molecule has 3 atom stereocenters. The third-order valence-electron chi connectivity index (χ3n) is 5.91. The summed E-state index contributed by atoms with van der Waals surface area (Å²) in [6.45, 7) is 1.82. The van der Waals surface area contributed by atoms with Gasteiger partial charge in [0.15, 0.2) is 0 Å². The van der Waals surface area contributed by atoms with Gasteiger partial charge in [-0.2, -0.15) is 0 Å². The molecular formula is C17H19N7O7S. The van der Waals surface area contributed by atoms with Gasteiger partial charge in [0.1, 0.15) is 31.1 Å². The number of hydrogen-bond donors (Lipinski definition) is 1. The van der Waals surface area contributed by atoms with E-state index in [0.29, 0.717) is 43.4 Å². The lowest BCUT2D eigenvalue weighted by molar-refractivity contribution is -0.188. The lowest BCUT2D eigenvalue weighted by Gasteiger charge is -2.51. The van der Waals surface area contributed by atoms with Crippen LogP contribution in [-0.4, -0.2) is 121 Å². The molecule has 170 valence electrons. The van der Waals surface area contributed by atoms with E-state index in [2.05, 4.69) is 15.5 Å². The van der Waals surface area contributed by atoms with Crippen LogP contribution in [0.4, 0.5) is 0 Å². The number of thioether (sulfide) groups is 1. The van der Waals surface area contributed by atoms with Crippen LogP contribution in [0.1, 0.15) is 0 Å². The van der Waals surface area contributed by atoms with Crippen molar-refractivity contribution in [3.8, 4) is 0 Å². The lowest BCUT2D eigenvalue weighted by Crippen LogP contribution is -2.74. The number of morpholine rings is 1. The molecule has 3 amide bonds. The zero-order valence-corrected chi connectivity index (χ0v) is 17.5. The molecule has 1 unspecified atom stereocenters. The van der Waals surface area contributed by atoms with Crippen LogP contribution in [0.25, 0.3) is 0 Å². The minimum atomic E-state index is -1.25. The molecule has 0 spiro atoms. The summed E-state index contributed by atoms with van der Waals surface area (Å²) < 4.78 is 12.3. The van der Waals surface area contributed by atoms with Crippen molar-refractivity contribution in [3.63, 3.8) is 0 Å². The number of carbonyl (C=O) groups excluding carboxylic acids is 3. The van der Waals surface area contributed by atoms with Gasteiger partial charge in [0.2, 0.25) is 17.5 Å². The van der Waals surface area contributed by atoms with Crippen LogP contribution in [0.5, 0.6) is 0 Å². The van der Waals surface area contributed by atoms with Crippen LogP contribution in [0.2, 0.25) is 0 Å². The van der Waals surface area contributed by atoms with Crippen LogP contribution in [0, 0.1) is 0 Å². The predicted octanol–water partition coefficient (Wildman–Crippen LogP) is -2.63. The first-order chi connectivity index (χ1) is 15.5. The molecule has 1 N–H and O–H groups in total. The van der Waals surface area contributed by atoms with Crippen molar-refractivity contribution < 1.29 is 33.8 Å². The van der Waals surface area contributed by atoms with Crippen molar-refractivity contribution in [1.29, 1.82) is 0 Å². The van der Waals surface area contributed by atoms with E-state index in [9.17, 15) is 24.3 Å². The van der Waals surface area contributed by atoms with Crippen molar-refractivity contribution in [2.24, 2.45) is 0 Å². The van der Waals surface area contributed by atoms with Crippen molar-refractivity contribution in [2.45, 2.75) is 29.9 Å². The van der Waals surface area contributed by atoms with Crippen LogP contribution in [0.3, 0.4) is 0 Å². The van der Waals surface area contributed by atoms with E-state index in [4.69, 9.17) is 9.47 Å². The average molecular weight is 465 g/mol. The number of β-lactam (4-membered cyclic amide) rings is 1. The summed E-state index contributed by atoms with van der Waals surface area (Å²) in [6.07, 6.45) is -0.102. The standard InChI is InChI=1S/C17H19N7O7S/c25-7-22-8-31-14-9(11(16(28)29)24-12(14)13(22)15(24)27)6-32-17-18-19-20-23(17)5-10(26)21-1-3-30-4-2-21/h7,12-14H,1-6,8H2,(H,28,29)/t12-,13-,14?/m0/s1. The molecule has 0 aliphatic carbocycles. The fraction of sp³-hybridized carbons (Fsp3) is 0.588. The van der Waals surface area contributed by atoms with Gasteiger partial charge >= 0.3 is 5.97 Å². The first kappa shape index (κ1) is 20.8. The van der Waals surface area contributed by atoms with Crippen LogP contribution < -0.4 is 0 Å². The second kappa shape index (κ2) is 8.14. The summed E-state index contributed by atoms with van der Waals surface area (Å²) in [6, 6.07) is -1.28. The monoisotopic (exact) mass is 465 g/mol. The van der Waals surface area contributed by atoms with E-state index in [-0.39, 0.29) is 30.6 Å². The van der Waals surface area contributed by atoms with Gasteiger partial charge in [0.05, 0.1) is 19.3 Å². The minimum Gasteiger partial charge on any atom is -0.477 e. The topological polar surface area (TPSA) is 160 Å². The molecular weight excluding hydrogens is 446 g/mol. The fourth-order valence-electron chi connectivity index (χ4n) is 4.40. The van der Waals surface area contributed by atoms with E-state index in [1.807, 2.05) is 0 Å². The largest absolute Gasteiger partial charge is 0.477 e. The SMILES string of the molecule is O=CN1COC2C(CSc3nnnn3CC(=O)N3CCOCC3)=C(C(=O)O)N3C(=O)[C@@H]1[C@@H]23. The minimum absolute atomic E-state index is 0.0519.